The first-order valence-electron chi connectivity index (χ1n) is 3.85. The molecule has 2 atom stereocenters. The van der Waals surface area contributed by atoms with Crippen LogP contribution >= 0.6 is 15.8 Å². The summed E-state index contributed by atoms with van der Waals surface area (Å²) < 4.78 is 113. The molecule has 21 heavy (non-hydrogen) atoms. The molecular formula is C4H4CaF8O6P2. The molecule has 0 amide bonds. The fourth-order valence-corrected chi connectivity index (χ4v) is 0.902. The van der Waals surface area contributed by atoms with Crippen LogP contribution in [0.5, 0.6) is 0 Å². The summed E-state index contributed by atoms with van der Waals surface area (Å²) in [5, 5.41) is 0. The topological polar surface area (TPSA) is 98.7 Å². The summed E-state index contributed by atoms with van der Waals surface area (Å²) in [5.41, 5.74) is 0. The van der Waals surface area contributed by atoms with Gasteiger partial charge in [0.2, 0.25) is 0 Å². The van der Waals surface area contributed by atoms with Crippen LogP contribution in [0.25, 0.3) is 0 Å². The molecular weight excluding hydrogens is 398 g/mol. The van der Waals surface area contributed by atoms with Gasteiger partial charge in [-0.05, 0) is 0 Å². The number of alkyl halides is 6. The Morgan fingerprint density at radius 1 is 0.762 bits per heavy atom. The number of hydrogen-bond donors (Lipinski definition) is 0. The number of halogens is 8. The van der Waals surface area contributed by atoms with Gasteiger partial charge in [-0.1, -0.05) is 0 Å². The van der Waals surface area contributed by atoms with E-state index in [4.69, 9.17) is 0 Å². The van der Waals surface area contributed by atoms with Crippen molar-refractivity contribution < 1.29 is 62.7 Å². The van der Waals surface area contributed by atoms with E-state index in [9.17, 15) is 53.7 Å². The zero-order valence-electron chi connectivity index (χ0n) is 9.49. The summed E-state index contributed by atoms with van der Waals surface area (Å²) in [6.45, 7) is -4.24. The van der Waals surface area contributed by atoms with Gasteiger partial charge in [-0.3, -0.25) is 9.13 Å². The van der Waals surface area contributed by atoms with Gasteiger partial charge in [-0.15, -0.1) is 0 Å². The first-order chi connectivity index (χ1) is 8.41. The first-order valence-corrected chi connectivity index (χ1v) is 6.72. The van der Waals surface area contributed by atoms with Gasteiger partial charge in [0.05, 0.1) is 0 Å². The third-order valence-corrected chi connectivity index (χ3v) is 1.64. The SMILES string of the molecule is O=P([O-])(F)OCC(F)(F)F.O=P([O-])(F)OCC(F)(F)F.[Ca+2]. The molecule has 0 heterocycles. The quantitative estimate of drug-likeness (QED) is 0.403. The van der Waals surface area contributed by atoms with Crippen LogP contribution in [0.2, 0.25) is 0 Å². The first kappa shape index (κ1) is 26.9. The van der Waals surface area contributed by atoms with E-state index < -0.39 is 41.4 Å². The zero-order chi connectivity index (χ0) is 16.8. The minimum Gasteiger partial charge on any atom is -0.753 e. The monoisotopic (exact) mass is 402 g/mol. The summed E-state index contributed by atoms with van der Waals surface area (Å²) in [4.78, 5) is 18.6. The molecule has 0 spiro atoms. The molecule has 0 aromatic heterocycles. The van der Waals surface area contributed by atoms with E-state index in [0.29, 0.717) is 0 Å². The van der Waals surface area contributed by atoms with Crippen molar-refractivity contribution in [1.29, 1.82) is 0 Å². The van der Waals surface area contributed by atoms with Crippen LogP contribution in [-0.4, -0.2) is 63.3 Å². The van der Waals surface area contributed by atoms with Gasteiger partial charge in [0.25, 0.3) is 0 Å². The Labute approximate surface area is 141 Å². The molecule has 17 heteroatoms. The van der Waals surface area contributed by atoms with E-state index in [2.05, 4.69) is 9.05 Å². The standard InChI is InChI=1S/2C2H3F4O3P.Ca/c2*3-2(4,5)1-9-10(6,7)8;/h2*1H2,(H,7,8);/q;;+2/p-2. The van der Waals surface area contributed by atoms with Crippen molar-refractivity contribution >= 4 is 53.6 Å². The number of rotatable bonds is 4. The van der Waals surface area contributed by atoms with Crippen LogP contribution in [0.3, 0.4) is 0 Å². The van der Waals surface area contributed by atoms with E-state index in [1.54, 1.807) is 0 Å². The van der Waals surface area contributed by atoms with E-state index in [1.807, 2.05) is 0 Å². The Balaban J connectivity index is -0.000000295. The minimum atomic E-state index is -5.73. The van der Waals surface area contributed by atoms with Crippen LogP contribution in [0.15, 0.2) is 0 Å². The maximum atomic E-state index is 11.2. The van der Waals surface area contributed by atoms with Gasteiger partial charge >= 0.3 is 65.9 Å². The molecule has 0 aliphatic rings. The maximum Gasteiger partial charge on any atom is 2.00 e. The fourth-order valence-electron chi connectivity index (χ4n) is 0.301. The minimum absolute atomic E-state index is 0. The van der Waals surface area contributed by atoms with Crippen molar-refractivity contribution in [3.8, 4) is 0 Å². The normalized spacial score (nSPS) is 17.6. The predicted octanol–water partition coefficient (Wildman–Crippen LogP) is 1.63. The van der Waals surface area contributed by atoms with Crippen molar-refractivity contribution in [1.82, 2.24) is 0 Å². The van der Waals surface area contributed by atoms with Crippen molar-refractivity contribution in [2.24, 2.45) is 0 Å². The third kappa shape index (κ3) is 33.7. The molecule has 0 saturated heterocycles. The zero-order valence-corrected chi connectivity index (χ0v) is 13.5. The molecule has 0 aliphatic carbocycles. The molecule has 0 radical (unpaired) electrons. The summed E-state index contributed by atoms with van der Waals surface area (Å²) in [7, 11) is -11.5. The van der Waals surface area contributed by atoms with Crippen molar-refractivity contribution in [2.75, 3.05) is 13.2 Å². The molecule has 0 aromatic rings. The molecule has 0 bridgehead atoms. The molecule has 2 unspecified atom stereocenters. The molecule has 0 N–H and O–H groups in total. The van der Waals surface area contributed by atoms with Crippen LogP contribution < -0.4 is 9.79 Å². The summed E-state index contributed by atoms with van der Waals surface area (Å²) in [6.07, 6.45) is -9.65. The summed E-state index contributed by atoms with van der Waals surface area (Å²) >= 11 is 0. The molecule has 124 valence electrons. The predicted molar refractivity (Wildman–Crippen MR) is 47.2 cm³/mol. The Morgan fingerprint density at radius 2 is 0.952 bits per heavy atom. The Kier molecular flexibility index (Phi) is 12.8. The second-order valence-electron chi connectivity index (χ2n) is 2.64. The van der Waals surface area contributed by atoms with Crippen molar-refractivity contribution in [3.63, 3.8) is 0 Å². The van der Waals surface area contributed by atoms with Gasteiger partial charge in [-0.25, -0.2) is 0 Å². The van der Waals surface area contributed by atoms with Gasteiger partial charge in [0.15, 0.2) is 13.2 Å². The van der Waals surface area contributed by atoms with E-state index >= 15 is 0 Å². The fraction of sp³-hybridized carbons (Fsp3) is 1.00. The Hall–Kier alpha value is 1.000. The second-order valence-corrected chi connectivity index (χ2v) is 4.88. The molecule has 0 fully saturated rings. The molecule has 0 aliphatic heterocycles. The summed E-state index contributed by atoms with van der Waals surface area (Å²) in [6, 6.07) is 0. The van der Waals surface area contributed by atoms with E-state index in [1.165, 1.54) is 0 Å². The van der Waals surface area contributed by atoms with Crippen LogP contribution in [0.1, 0.15) is 0 Å². The molecule has 0 rings (SSSR count). The molecule has 6 nitrogen and oxygen atoms in total. The van der Waals surface area contributed by atoms with E-state index in [-0.39, 0.29) is 37.7 Å². The maximum absolute atomic E-state index is 11.2. The van der Waals surface area contributed by atoms with Gasteiger partial charge in [-0.2, -0.15) is 34.7 Å². The van der Waals surface area contributed by atoms with Gasteiger partial charge in [0, 0.05) is 0 Å². The van der Waals surface area contributed by atoms with Crippen LogP contribution in [-0.2, 0) is 18.2 Å². The largest absolute Gasteiger partial charge is 2.00 e. The average Bonchev–Trinajstić information content (AvgIpc) is 2.09. The Morgan fingerprint density at radius 3 is 1.00 bits per heavy atom. The van der Waals surface area contributed by atoms with Crippen LogP contribution in [0.4, 0.5) is 34.7 Å². The Bertz CT molecular complexity index is 336. The van der Waals surface area contributed by atoms with Gasteiger partial charge in [0.1, 0.15) is 0 Å². The second kappa shape index (κ2) is 9.99. The summed E-state index contributed by atoms with van der Waals surface area (Å²) in [5.74, 6) is 0. The van der Waals surface area contributed by atoms with Crippen molar-refractivity contribution in [3.05, 3.63) is 0 Å². The van der Waals surface area contributed by atoms with Crippen molar-refractivity contribution in [2.45, 2.75) is 12.4 Å². The average molecular weight is 402 g/mol. The smallest absolute Gasteiger partial charge is 0.753 e. The molecule has 0 aromatic carbocycles. The molecule has 0 saturated carbocycles. The van der Waals surface area contributed by atoms with E-state index in [0.717, 1.165) is 0 Å². The number of hydrogen-bond acceptors (Lipinski definition) is 6. The van der Waals surface area contributed by atoms with Gasteiger partial charge < -0.3 is 18.8 Å². The van der Waals surface area contributed by atoms with Crippen LogP contribution in [0, 0.1) is 0 Å². The third-order valence-electron chi connectivity index (χ3n) is 0.765.